The third-order valence-electron chi connectivity index (χ3n) is 5.50. The average molecular weight is 399 g/mol. The maximum atomic E-state index is 6.69. The van der Waals surface area contributed by atoms with Gasteiger partial charge in [0.15, 0.2) is 8.32 Å². The third-order valence-corrected chi connectivity index (χ3v) is 11.1. The Kier molecular flexibility index (Phi) is 7.38. The summed E-state index contributed by atoms with van der Waals surface area (Å²) in [6.07, 6.45) is -0.574. The summed E-state index contributed by atoms with van der Waals surface area (Å²) in [5.41, 5.74) is -0.137. The summed E-state index contributed by atoms with van der Waals surface area (Å²) in [7, 11) is 1.50. The van der Waals surface area contributed by atoms with E-state index in [1.54, 1.807) is 26.0 Å². The van der Waals surface area contributed by atoms with Crippen LogP contribution in [0.1, 0.15) is 27.7 Å². The molecule has 0 unspecified atom stereocenters. The summed E-state index contributed by atoms with van der Waals surface area (Å²) in [5.74, 6) is 0. The van der Waals surface area contributed by atoms with Gasteiger partial charge in [-0.2, -0.15) is 0 Å². The molecule has 0 bridgehead atoms. The Bertz CT molecular complexity index is 561. The van der Waals surface area contributed by atoms with Crippen molar-refractivity contribution in [3.63, 3.8) is 0 Å². The van der Waals surface area contributed by atoms with Crippen LogP contribution in [0.15, 0.2) is 35.2 Å². The van der Waals surface area contributed by atoms with Crippen LogP contribution in [0.5, 0.6) is 0 Å². The van der Waals surface area contributed by atoms with Crippen molar-refractivity contribution in [2.45, 2.75) is 80.6 Å². The second kappa shape index (κ2) is 8.75. The molecule has 0 aliphatic carbocycles. The molecule has 2 rings (SSSR count). The normalized spacial score (nSPS) is 30.4. The van der Waals surface area contributed by atoms with Gasteiger partial charge in [-0.15, -0.1) is 0 Å². The van der Waals surface area contributed by atoms with E-state index in [4.69, 9.17) is 18.6 Å². The molecule has 0 N–H and O–H groups in total. The van der Waals surface area contributed by atoms with Gasteiger partial charge in [0.05, 0.1) is 12.2 Å². The Morgan fingerprint density at radius 3 is 2.04 bits per heavy atom. The molecule has 1 aromatic rings. The molecule has 1 fully saturated rings. The van der Waals surface area contributed by atoms with E-state index in [1.165, 1.54) is 0 Å². The number of rotatable bonds is 6. The van der Waals surface area contributed by atoms with Gasteiger partial charge in [0.2, 0.25) is 0 Å². The van der Waals surface area contributed by atoms with Gasteiger partial charge in [0.1, 0.15) is 17.6 Å². The number of benzene rings is 1. The molecular weight excluding hydrogens is 364 g/mol. The molecule has 1 heterocycles. The summed E-state index contributed by atoms with van der Waals surface area (Å²) >= 11 is 1.67. The molecule has 1 aliphatic rings. The van der Waals surface area contributed by atoms with Crippen LogP contribution in [-0.4, -0.2) is 52.4 Å². The van der Waals surface area contributed by atoms with Crippen LogP contribution in [0, 0.1) is 0 Å². The number of ether oxygens (including phenoxy) is 3. The highest BCUT2D eigenvalue weighted by Gasteiger charge is 2.50. The summed E-state index contributed by atoms with van der Waals surface area (Å²) in [6.45, 7) is 13.3. The third kappa shape index (κ3) is 4.91. The van der Waals surface area contributed by atoms with Crippen molar-refractivity contribution in [3.05, 3.63) is 30.3 Å². The fourth-order valence-corrected chi connectivity index (χ4v) is 5.47. The Hall–Kier alpha value is -0.373. The first-order valence-electron chi connectivity index (χ1n) is 9.21. The van der Waals surface area contributed by atoms with Gasteiger partial charge >= 0.3 is 0 Å². The van der Waals surface area contributed by atoms with E-state index in [9.17, 15) is 0 Å². The molecule has 4 nitrogen and oxygen atoms in total. The Balaban J connectivity index is 2.21. The minimum atomic E-state index is -1.95. The van der Waals surface area contributed by atoms with E-state index in [-0.39, 0.29) is 34.9 Å². The zero-order chi connectivity index (χ0) is 19.5. The van der Waals surface area contributed by atoms with Gasteiger partial charge in [0, 0.05) is 19.1 Å². The monoisotopic (exact) mass is 398 g/mol. The van der Waals surface area contributed by atoms with Crippen molar-refractivity contribution in [1.82, 2.24) is 0 Å². The maximum absolute atomic E-state index is 6.69. The topological polar surface area (TPSA) is 36.9 Å². The van der Waals surface area contributed by atoms with Gasteiger partial charge in [-0.05, 0) is 37.2 Å². The lowest BCUT2D eigenvalue weighted by molar-refractivity contribution is -0.204. The van der Waals surface area contributed by atoms with Crippen LogP contribution in [0.2, 0.25) is 18.1 Å². The molecule has 26 heavy (non-hydrogen) atoms. The van der Waals surface area contributed by atoms with Gasteiger partial charge in [-0.1, -0.05) is 50.7 Å². The molecule has 0 amide bonds. The van der Waals surface area contributed by atoms with Gasteiger partial charge in [0.25, 0.3) is 0 Å². The van der Waals surface area contributed by atoms with E-state index >= 15 is 0 Å². The summed E-state index contributed by atoms with van der Waals surface area (Å²) in [4.78, 5) is 1.16. The molecule has 0 radical (unpaired) electrons. The summed E-state index contributed by atoms with van der Waals surface area (Å²) < 4.78 is 24.7. The van der Waals surface area contributed by atoms with Crippen LogP contribution in [0.3, 0.4) is 0 Å². The van der Waals surface area contributed by atoms with Crippen molar-refractivity contribution in [3.8, 4) is 0 Å². The molecule has 148 valence electrons. The Morgan fingerprint density at radius 1 is 0.962 bits per heavy atom. The first kappa shape index (κ1) is 21.9. The van der Waals surface area contributed by atoms with E-state index in [1.807, 2.05) is 18.2 Å². The lowest BCUT2D eigenvalue weighted by atomic mass is 10.0. The number of methoxy groups -OCH3 is 2. The first-order chi connectivity index (χ1) is 12.1. The standard InChI is InChI=1S/C20H34O4SSi/c1-14-16(24-26(7,8)20(2,3)4)17(21-5)18(22-6)19(23-14)25-15-12-10-9-11-13-15/h9-14,16-19H,1-8H3/t14-,16+,17+,18-,19+/m0/s1. The zero-order valence-corrected chi connectivity index (χ0v) is 19.1. The first-order valence-corrected chi connectivity index (χ1v) is 13.0. The molecule has 0 aromatic heterocycles. The van der Waals surface area contributed by atoms with Crippen LogP contribution < -0.4 is 0 Å². The van der Waals surface area contributed by atoms with Gasteiger partial charge < -0.3 is 18.6 Å². The van der Waals surface area contributed by atoms with Crippen molar-refractivity contribution in [2.24, 2.45) is 0 Å². The fraction of sp³-hybridized carbons (Fsp3) is 0.700. The number of hydrogen-bond acceptors (Lipinski definition) is 5. The Morgan fingerprint density at radius 2 is 1.54 bits per heavy atom. The fourth-order valence-electron chi connectivity index (χ4n) is 2.90. The number of thioether (sulfide) groups is 1. The SMILES string of the molecule is CO[C@@H]1[C@H](O[Si](C)(C)C(C)(C)C)[C@H](C)O[C@H](Sc2ccccc2)[C@H]1OC. The summed E-state index contributed by atoms with van der Waals surface area (Å²) in [6, 6.07) is 10.3. The van der Waals surface area contributed by atoms with Crippen LogP contribution in [0.4, 0.5) is 0 Å². The zero-order valence-electron chi connectivity index (χ0n) is 17.3. The summed E-state index contributed by atoms with van der Waals surface area (Å²) in [5, 5.41) is 0.128. The second-order valence-electron chi connectivity index (χ2n) is 8.38. The predicted molar refractivity (Wildman–Crippen MR) is 110 cm³/mol. The second-order valence-corrected chi connectivity index (χ2v) is 14.3. The maximum Gasteiger partial charge on any atom is 0.192 e. The number of hydrogen-bond donors (Lipinski definition) is 0. The van der Waals surface area contributed by atoms with Gasteiger partial charge in [-0.3, -0.25) is 0 Å². The van der Waals surface area contributed by atoms with Crippen LogP contribution >= 0.6 is 11.8 Å². The smallest absolute Gasteiger partial charge is 0.192 e. The highest BCUT2D eigenvalue weighted by atomic mass is 32.2. The minimum Gasteiger partial charge on any atom is -0.409 e. The quantitative estimate of drug-likeness (QED) is 0.634. The Labute approximate surface area is 164 Å². The molecule has 1 saturated heterocycles. The van der Waals surface area contributed by atoms with E-state index in [2.05, 4.69) is 52.9 Å². The predicted octanol–water partition coefficient (Wildman–Crippen LogP) is 4.94. The lowest BCUT2D eigenvalue weighted by Crippen LogP contribution is -2.61. The highest BCUT2D eigenvalue weighted by Crippen LogP contribution is 2.42. The van der Waals surface area contributed by atoms with E-state index < -0.39 is 8.32 Å². The molecule has 1 aromatic carbocycles. The highest BCUT2D eigenvalue weighted by molar-refractivity contribution is 7.99. The molecule has 1 aliphatic heterocycles. The molecular formula is C20H34O4SSi. The van der Waals surface area contributed by atoms with Crippen LogP contribution in [-0.2, 0) is 18.6 Å². The van der Waals surface area contributed by atoms with Crippen molar-refractivity contribution in [1.29, 1.82) is 0 Å². The van der Waals surface area contributed by atoms with E-state index in [0.29, 0.717) is 0 Å². The molecule has 6 heteroatoms. The lowest BCUT2D eigenvalue weighted by Gasteiger charge is -2.48. The van der Waals surface area contributed by atoms with Crippen LogP contribution in [0.25, 0.3) is 0 Å². The molecule has 0 saturated carbocycles. The van der Waals surface area contributed by atoms with E-state index in [0.717, 1.165) is 4.90 Å². The largest absolute Gasteiger partial charge is 0.409 e. The minimum absolute atomic E-state index is 0.0679. The van der Waals surface area contributed by atoms with Gasteiger partial charge in [-0.25, -0.2) is 0 Å². The van der Waals surface area contributed by atoms with Crippen molar-refractivity contribution < 1.29 is 18.6 Å². The molecule has 5 atom stereocenters. The van der Waals surface area contributed by atoms with Crippen molar-refractivity contribution >= 4 is 20.1 Å². The van der Waals surface area contributed by atoms with Crippen molar-refractivity contribution in [2.75, 3.05) is 14.2 Å². The average Bonchev–Trinajstić information content (AvgIpc) is 2.56. The molecule has 0 spiro atoms.